The molecule has 0 aromatic rings. The fourth-order valence-corrected chi connectivity index (χ4v) is 4.41. The Morgan fingerprint density at radius 3 is 1.38 bits per heavy atom. The summed E-state index contributed by atoms with van der Waals surface area (Å²) in [5, 5.41) is 0. The molecule has 0 unspecified atom stereocenters. The quantitative estimate of drug-likeness (QED) is 0.170. The molecule has 0 bridgehead atoms. The minimum absolute atomic E-state index is 1.11. The van der Waals surface area contributed by atoms with Gasteiger partial charge in [-0.05, 0) is 25.7 Å². The summed E-state index contributed by atoms with van der Waals surface area (Å²) in [6, 6.07) is 0. The van der Waals surface area contributed by atoms with Crippen molar-refractivity contribution in [2.24, 2.45) is 0 Å². The number of hydrogen-bond acceptors (Lipinski definition) is 0. The highest BCUT2D eigenvalue weighted by atomic mass is 35.7. The van der Waals surface area contributed by atoms with Crippen molar-refractivity contribution in [3.63, 3.8) is 0 Å². The van der Waals surface area contributed by atoms with Crippen LogP contribution in [-0.2, 0) is 0 Å². The van der Waals surface area contributed by atoms with Gasteiger partial charge in [0.1, 0.15) is 0 Å². The van der Waals surface area contributed by atoms with Crippen LogP contribution in [0.2, 0.25) is 0 Å². The summed E-state index contributed by atoms with van der Waals surface area (Å²) in [4.78, 5) is 0. The Hall–Kier alpha value is 0.277. The molecule has 0 saturated carbocycles. The van der Waals surface area contributed by atoms with Gasteiger partial charge in [-0.3, -0.25) is 0 Å². The van der Waals surface area contributed by atoms with E-state index in [4.69, 9.17) is 22.2 Å². The Morgan fingerprint density at radius 2 is 1.00 bits per heavy atom. The van der Waals surface area contributed by atoms with Crippen molar-refractivity contribution in [3.8, 4) is 0 Å². The normalized spacial score (nSPS) is 12.8. The molecule has 0 heterocycles. The summed E-state index contributed by atoms with van der Waals surface area (Å²) < 4.78 is 0. The molecule has 0 spiro atoms. The van der Waals surface area contributed by atoms with Gasteiger partial charge < -0.3 is 0 Å². The molecule has 0 saturated heterocycles. The topological polar surface area (TPSA) is 0 Å². The molecule has 0 amide bonds. The van der Waals surface area contributed by atoms with Gasteiger partial charge in [-0.15, -0.1) is 22.2 Å². The third kappa shape index (κ3) is 16.5. The van der Waals surface area contributed by atoms with Crippen molar-refractivity contribution < 1.29 is 0 Å². The van der Waals surface area contributed by atoms with Gasteiger partial charge in [0.2, 0.25) is 0 Å². The zero-order chi connectivity index (χ0) is 15.8. The predicted molar refractivity (Wildman–Crippen MR) is 102 cm³/mol. The summed E-state index contributed by atoms with van der Waals surface area (Å²) in [5.41, 5.74) is 4.12. The van der Waals surface area contributed by atoms with Crippen molar-refractivity contribution in [2.75, 3.05) is 0 Å². The van der Waals surface area contributed by atoms with E-state index in [0.717, 1.165) is 12.8 Å². The van der Waals surface area contributed by atoms with Crippen LogP contribution in [0.15, 0.2) is 23.6 Å². The van der Waals surface area contributed by atoms with E-state index in [9.17, 15) is 0 Å². The Bertz CT molecular complexity index is 246. The van der Waals surface area contributed by atoms with Gasteiger partial charge in [0.15, 0.2) is 0 Å². The van der Waals surface area contributed by atoms with Gasteiger partial charge in [-0.25, -0.2) is 0 Å². The van der Waals surface area contributed by atoms with E-state index < -0.39 is 6.69 Å². The van der Waals surface area contributed by atoms with E-state index in [1.165, 1.54) is 64.2 Å². The Kier molecular flexibility index (Phi) is 15.4. The molecule has 0 aliphatic rings. The fourth-order valence-electron chi connectivity index (χ4n) is 2.27. The Morgan fingerprint density at radius 1 is 0.619 bits per heavy atom. The van der Waals surface area contributed by atoms with Crippen molar-refractivity contribution in [1.29, 1.82) is 0 Å². The molecule has 0 nitrogen and oxygen atoms in total. The summed E-state index contributed by atoms with van der Waals surface area (Å²) in [6.45, 7) is 2.22. The van der Waals surface area contributed by atoms with Gasteiger partial charge in [0.05, 0.1) is 0 Å². The zero-order valence-corrected chi connectivity index (χ0v) is 16.6. The molecule has 0 aromatic carbocycles. The van der Waals surface area contributed by atoms with Gasteiger partial charge >= 0.3 is 0 Å². The SMILES string of the molecule is CCCCCCC/C=C/[Si](Cl)(Cl)/C=C/CCCCCCC. The van der Waals surface area contributed by atoms with Gasteiger partial charge in [-0.1, -0.05) is 88.8 Å². The van der Waals surface area contributed by atoms with Crippen LogP contribution in [0.3, 0.4) is 0 Å². The average Bonchev–Trinajstić information content (AvgIpc) is 2.45. The van der Waals surface area contributed by atoms with E-state index in [0.29, 0.717) is 0 Å². The van der Waals surface area contributed by atoms with Crippen LogP contribution < -0.4 is 0 Å². The molecule has 0 fully saturated rings. The molecule has 0 aliphatic heterocycles. The smallest absolute Gasteiger partial charge is 0.135 e. The molecule has 0 aliphatic carbocycles. The lowest BCUT2D eigenvalue weighted by molar-refractivity contribution is 0.637. The third-order valence-corrected chi connectivity index (χ3v) is 6.50. The Balaban J connectivity index is 3.65. The number of unbranched alkanes of at least 4 members (excludes halogenated alkanes) is 10. The molecule has 0 N–H and O–H groups in total. The van der Waals surface area contributed by atoms with Crippen LogP contribution in [0.5, 0.6) is 0 Å². The lowest BCUT2D eigenvalue weighted by Gasteiger charge is -2.05. The molecule has 21 heavy (non-hydrogen) atoms. The second kappa shape index (κ2) is 15.2. The summed E-state index contributed by atoms with van der Waals surface area (Å²) >= 11 is 12.8. The average molecular weight is 349 g/mol. The first-order chi connectivity index (χ1) is 10.1. The van der Waals surface area contributed by atoms with E-state index in [1.54, 1.807) is 0 Å². The monoisotopic (exact) mass is 348 g/mol. The maximum atomic E-state index is 6.39. The lowest BCUT2D eigenvalue weighted by atomic mass is 10.1. The van der Waals surface area contributed by atoms with E-state index in [1.807, 2.05) is 0 Å². The van der Waals surface area contributed by atoms with Gasteiger partial charge in [0, 0.05) is 0 Å². The van der Waals surface area contributed by atoms with Gasteiger partial charge in [0.25, 0.3) is 6.69 Å². The summed E-state index contributed by atoms with van der Waals surface area (Å²) in [5.74, 6) is 0. The molecule has 124 valence electrons. The molecule has 0 atom stereocenters. The second-order valence-corrected chi connectivity index (χ2v) is 12.2. The summed E-state index contributed by atoms with van der Waals surface area (Å²) in [6.07, 6.45) is 19.8. The lowest BCUT2D eigenvalue weighted by Crippen LogP contribution is -2.11. The molecular weight excluding hydrogens is 315 g/mol. The maximum absolute atomic E-state index is 6.39. The second-order valence-electron chi connectivity index (χ2n) is 5.89. The van der Waals surface area contributed by atoms with Crippen molar-refractivity contribution in [3.05, 3.63) is 23.6 Å². The standard InChI is InChI=1S/C18H34Cl2Si/c1-3-5-7-9-11-13-15-17-21(19,20)18-16-14-12-10-8-6-4-2/h15-18H,3-14H2,1-2H3/b17-15+,18-16+. The number of halogens is 2. The van der Waals surface area contributed by atoms with Crippen LogP contribution in [0.4, 0.5) is 0 Å². The van der Waals surface area contributed by atoms with Crippen molar-refractivity contribution in [1.82, 2.24) is 0 Å². The van der Waals surface area contributed by atoms with Crippen LogP contribution in [0.1, 0.15) is 90.9 Å². The first-order valence-corrected chi connectivity index (χ1v) is 13.0. The highest BCUT2D eigenvalue weighted by Gasteiger charge is 2.19. The van der Waals surface area contributed by atoms with Crippen LogP contribution in [0.25, 0.3) is 0 Å². The van der Waals surface area contributed by atoms with Crippen molar-refractivity contribution in [2.45, 2.75) is 90.9 Å². The molecular formula is C18H34Cl2Si. The molecule has 0 aromatic heterocycles. The number of hydrogen-bond donors (Lipinski definition) is 0. The minimum atomic E-state index is -2.27. The van der Waals surface area contributed by atoms with Gasteiger partial charge in [-0.2, -0.15) is 0 Å². The zero-order valence-electron chi connectivity index (χ0n) is 14.1. The first-order valence-electron chi connectivity index (χ1n) is 8.85. The first kappa shape index (κ1) is 21.3. The van der Waals surface area contributed by atoms with Crippen molar-refractivity contribution >= 4 is 28.9 Å². The largest absolute Gasteiger partial charge is 0.295 e. The maximum Gasteiger partial charge on any atom is 0.295 e. The van der Waals surface area contributed by atoms with E-state index in [-0.39, 0.29) is 0 Å². The molecule has 0 rings (SSSR count). The number of rotatable bonds is 14. The molecule has 0 radical (unpaired) electrons. The molecule has 3 heteroatoms. The minimum Gasteiger partial charge on any atom is -0.135 e. The predicted octanol–water partition coefficient (Wildman–Crippen LogP) is 7.82. The highest BCUT2D eigenvalue weighted by Crippen LogP contribution is 2.20. The van der Waals surface area contributed by atoms with Crippen LogP contribution >= 0.6 is 22.2 Å². The Labute approximate surface area is 143 Å². The van der Waals surface area contributed by atoms with Crippen LogP contribution in [-0.4, -0.2) is 6.69 Å². The number of allylic oxidation sites excluding steroid dienone is 2. The van der Waals surface area contributed by atoms with E-state index >= 15 is 0 Å². The van der Waals surface area contributed by atoms with E-state index in [2.05, 4.69) is 37.4 Å². The van der Waals surface area contributed by atoms with Crippen LogP contribution in [0, 0.1) is 0 Å². The summed E-state index contributed by atoms with van der Waals surface area (Å²) in [7, 11) is 0. The third-order valence-electron chi connectivity index (χ3n) is 3.63. The highest BCUT2D eigenvalue weighted by molar-refractivity contribution is 7.49. The fraction of sp³-hybridized carbons (Fsp3) is 0.778.